The van der Waals surface area contributed by atoms with Gasteiger partial charge in [-0.15, -0.1) is 0 Å². The quantitative estimate of drug-likeness (QED) is 0.775. The lowest BCUT2D eigenvalue weighted by Gasteiger charge is -2.11. The summed E-state index contributed by atoms with van der Waals surface area (Å²) >= 11 is 0. The Morgan fingerprint density at radius 2 is 1.56 bits per heavy atom. The van der Waals surface area contributed by atoms with Crippen molar-refractivity contribution in [1.82, 2.24) is 0 Å². The molecule has 0 heterocycles. The Morgan fingerprint density at radius 3 is 2.00 bits per heavy atom. The number of hydrogen-bond acceptors (Lipinski definition) is 2. The van der Waals surface area contributed by atoms with E-state index in [1.807, 2.05) is 0 Å². The predicted octanol–water partition coefficient (Wildman–Crippen LogP) is 2.34. The second-order valence-corrected chi connectivity index (χ2v) is 4.67. The van der Waals surface area contributed by atoms with E-state index in [1.165, 1.54) is 11.1 Å². The number of aryl methyl sites for hydroxylation is 1. The summed E-state index contributed by atoms with van der Waals surface area (Å²) < 4.78 is 0. The summed E-state index contributed by atoms with van der Waals surface area (Å²) in [5, 5.41) is 17.9. The zero-order valence-corrected chi connectivity index (χ0v) is 10.2. The fourth-order valence-electron chi connectivity index (χ4n) is 1.68. The molecule has 1 aromatic rings. The third-order valence-electron chi connectivity index (χ3n) is 3.00. The van der Waals surface area contributed by atoms with Gasteiger partial charge in [-0.1, -0.05) is 38.1 Å². The zero-order chi connectivity index (χ0) is 12.0. The van der Waals surface area contributed by atoms with Crippen LogP contribution in [0, 0.1) is 5.92 Å². The van der Waals surface area contributed by atoms with Crippen molar-refractivity contribution in [1.29, 1.82) is 0 Å². The molecule has 0 fully saturated rings. The average molecular weight is 222 g/mol. The lowest BCUT2D eigenvalue weighted by atomic mass is 9.97. The summed E-state index contributed by atoms with van der Waals surface area (Å²) in [7, 11) is 0. The van der Waals surface area contributed by atoms with Crippen LogP contribution in [0.25, 0.3) is 0 Å². The monoisotopic (exact) mass is 222 g/mol. The Balaban J connectivity index is 2.49. The summed E-state index contributed by atoms with van der Waals surface area (Å²) in [4.78, 5) is 0. The van der Waals surface area contributed by atoms with Gasteiger partial charge >= 0.3 is 0 Å². The fourth-order valence-corrected chi connectivity index (χ4v) is 1.68. The second-order valence-electron chi connectivity index (χ2n) is 4.67. The number of aliphatic hydroxyl groups excluding tert-OH is 2. The van der Waals surface area contributed by atoms with Gasteiger partial charge in [-0.2, -0.15) is 0 Å². The van der Waals surface area contributed by atoms with E-state index in [2.05, 4.69) is 38.1 Å². The molecule has 2 nitrogen and oxygen atoms in total. The molecule has 0 spiro atoms. The summed E-state index contributed by atoms with van der Waals surface area (Å²) in [6, 6.07) is 8.60. The number of aliphatic hydroxyl groups is 2. The van der Waals surface area contributed by atoms with E-state index in [-0.39, 0.29) is 19.1 Å². The molecular formula is C14H22O2. The maximum Gasteiger partial charge on any atom is 0.0481 e. The molecular weight excluding hydrogens is 200 g/mol. The van der Waals surface area contributed by atoms with Crippen LogP contribution in [0.4, 0.5) is 0 Å². The van der Waals surface area contributed by atoms with Crippen molar-refractivity contribution < 1.29 is 10.2 Å². The minimum absolute atomic E-state index is 0.0183. The molecule has 0 bridgehead atoms. The first-order valence-electron chi connectivity index (χ1n) is 5.98. The lowest BCUT2D eigenvalue weighted by molar-refractivity contribution is 0.144. The van der Waals surface area contributed by atoms with E-state index < -0.39 is 0 Å². The van der Waals surface area contributed by atoms with Crippen LogP contribution in [0.3, 0.4) is 0 Å². The molecule has 90 valence electrons. The topological polar surface area (TPSA) is 40.5 Å². The fraction of sp³-hybridized carbons (Fsp3) is 0.571. The van der Waals surface area contributed by atoms with Crippen molar-refractivity contribution in [3.63, 3.8) is 0 Å². The minimum Gasteiger partial charge on any atom is -0.396 e. The third-order valence-corrected chi connectivity index (χ3v) is 3.00. The number of hydrogen-bond donors (Lipinski definition) is 2. The van der Waals surface area contributed by atoms with Gasteiger partial charge in [-0.3, -0.25) is 0 Å². The molecule has 0 aliphatic rings. The Labute approximate surface area is 97.9 Å². The van der Waals surface area contributed by atoms with Crippen LogP contribution in [0.2, 0.25) is 0 Å². The van der Waals surface area contributed by atoms with E-state index >= 15 is 0 Å². The minimum atomic E-state index is 0.0183. The van der Waals surface area contributed by atoms with Gasteiger partial charge in [0.25, 0.3) is 0 Å². The van der Waals surface area contributed by atoms with E-state index in [0.717, 1.165) is 12.8 Å². The highest BCUT2D eigenvalue weighted by atomic mass is 16.3. The Bertz CT molecular complexity index is 286. The van der Waals surface area contributed by atoms with Gasteiger partial charge in [-0.25, -0.2) is 0 Å². The molecule has 0 unspecified atom stereocenters. The number of rotatable bonds is 6. The standard InChI is InChI=1S/C14H22O2/c1-11(2)14-7-5-12(6-8-14)3-4-13(9-15)10-16/h5-8,11,13,15-16H,3-4,9-10H2,1-2H3. The van der Waals surface area contributed by atoms with Crippen LogP contribution >= 0.6 is 0 Å². The molecule has 0 amide bonds. The van der Waals surface area contributed by atoms with Crippen molar-refractivity contribution in [2.75, 3.05) is 13.2 Å². The highest BCUT2D eigenvalue weighted by Gasteiger charge is 2.06. The molecule has 0 aromatic heterocycles. The SMILES string of the molecule is CC(C)c1ccc(CCC(CO)CO)cc1. The van der Waals surface area contributed by atoms with Crippen LogP contribution in [-0.2, 0) is 6.42 Å². The highest BCUT2D eigenvalue weighted by Crippen LogP contribution is 2.16. The van der Waals surface area contributed by atoms with Crippen LogP contribution in [-0.4, -0.2) is 23.4 Å². The average Bonchev–Trinajstić information content (AvgIpc) is 2.31. The van der Waals surface area contributed by atoms with E-state index in [9.17, 15) is 0 Å². The van der Waals surface area contributed by atoms with Crippen molar-refractivity contribution in [2.45, 2.75) is 32.6 Å². The molecule has 0 saturated carbocycles. The van der Waals surface area contributed by atoms with Gasteiger partial charge in [0.15, 0.2) is 0 Å². The molecule has 0 saturated heterocycles. The Morgan fingerprint density at radius 1 is 1.00 bits per heavy atom. The second kappa shape index (κ2) is 6.66. The Hall–Kier alpha value is -0.860. The van der Waals surface area contributed by atoms with Crippen LogP contribution in [0.5, 0.6) is 0 Å². The molecule has 1 aromatic carbocycles. The summed E-state index contributed by atoms with van der Waals surface area (Å²) in [6.07, 6.45) is 1.76. The smallest absolute Gasteiger partial charge is 0.0481 e. The van der Waals surface area contributed by atoms with Gasteiger partial charge < -0.3 is 10.2 Å². The molecule has 0 atom stereocenters. The van der Waals surface area contributed by atoms with Gasteiger partial charge in [0.05, 0.1) is 0 Å². The number of benzene rings is 1. The van der Waals surface area contributed by atoms with Crippen molar-refractivity contribution >= 4 is 0 Å². The highest BCUT2D eigenvalue weighted by molar-refractivity contribution is 5.24. The molecule has 0 aliphatic heterocycles. The van der Waals surface area contributed by atoms with Gasteiger partial charge in [0.1, 0.15) is 0 Å². The molecule has 1 rings (SSSR count). The largest absolute Gasteiger partial charge is 0.396 e. The Kier molecular flexibility index (Phi) is 5.50. The van der Waals surface area contributed by atoms with E-state index in [4.69, 9.17) is 10.2 Å². The van der Waals surface area contributed by atoms with E-state index in [0.29, 0.717) is 5.92 Å². The van der Waals surface area contributed by atoms with Gasteiger partial charge in [0.2, 0.25) is 0 Å². The van der Waals surface area contributed by atoms with Crippen LogP contribution < -0.4 is 0 Å². The molecule has 2 heteroatoms. The predicted molar refractivity (Wildman–Crippen MR) is 66.5 cm³/mol. The maximum atomic E-state index is 8.96. The van der Waals surface area contributed by atoms with Crippen molar-refractivity contribution in [3.05, 3.63) is 35.4 Å². The van der Waals surface area contributed by atoms with Gasteiger partial charge in [-0.05, 0) is 29.9 Å². The molecule has 16 heavy (non-hydrogen) atoms. The normalized spacial score (nSPS) is 11.4. The first-order valence-corrected chi connectivity index (χ1v) is 5.98. The molecule has 0 radical (unpaired) electrons. The van der Waals surface area contributed by atoms with Crippen molar-refractivity contribution in [3.8, 4) is 0 Å². The van der Waals surface area contributed by atoms with Gasteiger partial charge in [0, 0.05) is 19.1 Å². The lowest BCUT2D eigenvalue weighted by Crippen LogP contribution is -2.11. The maximum absolute atomic E-state index is 8.96. The summed E-state index contributed by atoms with van der Waals surface area (Å²) in [5.41, 5.74) is 2.63. The van der Waals surface area contributed by atoms with E-state index in [1.54, 1.807) is 0 Å². The van der Waals surface area contributed by atoms with Crippen LogP contribution in [0.1, 0.15) is 37.3 Å². The molecule has 0 aliphatic carbocycles. The first-order chi connectivity index (χ1) is 7.67. The zero-order valence-electron chi connectivity index (χ0n) is 10.2. The third kappa shape index (κ3) is 3.95. The summed E-state index contributed by atoms with van der Waals surface area (Å²) in [5.74, 6) is 0.585. The summed E-state index contributed by atoms with van der Waals surface area (Å²) in [6.45, 7) is 4.51. The first kappa shape index (κ1) is 13.2. The van der Waals surface area contributed by atoms with Crippen LogP contribution in [0.15, 0.2) is 24.3 Å². The van der Waals surface area contributed by atoms with Crippen molar-refractivity contribution in [2.24, 2.45) is 5.92 Å². The molecule has 2 N–H and O–H groups in total.